The molecule has 2 N–H and O–H groups in total. The Morgan fingerprint density at radius 1 is 1.26 bits per heavy atom. The molecule has 0 aliphatic carbocycles. The van der Waals surface area contributed by atoms with E-state index in [1.807, 2.05) is 0 Å². The van der Waals surface area contributed by atoms with E-state index in [-0.39, 0.29) is 30.9 Å². The summed E-state index contributed by atoms with van der Waals surface area (Å²) in [5, 5.41) is 18.6. The Morgan fingerprint density at radius 2 is 2.00 bits per heavy atom. The summed E-state index contributed by atoms with van der Waals surface area (Å²) in [6, 6.07) is 4.36. The molecule has 0 aliphatic rings. The molecule has 0 aliphatic heterocycles. The van der Waals surface area contributed by atoms with Crippen LogP contribution in [0.1, 0.15) is 25.3 Å². The molecular weight excluding hydrogens is 300 g/mol. The minimum Gasteiger partial charge on any atom is -0.504 e. The third-order valence-electron chi connectivity index (χ3n) is 3.43. The summed E-state index contributed by atoms with van der Waals surface area (Å²) < 4.78 is 5.09. The predicted molar refractivity (Wildman–Crippen MR) is 83.0 cm³/mol. The Morgan fingerprint density at radius 3 is 2.57 bits per heavy atom. The van der Waals surface area contributed by atoms with Gasteiger partial charge in [-0.15, -0.1) is 0 Å². The largest absolute Gasteiger partial charge is 0.504 e. The van der Waals surface area contributed by atoms with E-state index < -0.39 is 11.9 Å². The maximum atomic E-state index is 11.8. The number of aldehydes is 2. The standard InChI is InChI=1S/C17H20O6/c1-2-13(11-19)14(5-7-18)10-17(22)23-8-6-12-3-4-15(20)16(21)9-12/h2-4,7,9,11,14,20-21H,5-6,8,10H2,1H3. The molecule has 1 aromatic rings. The van der Waals surface area contributed by atoms with Crippen molar-refractivity contribution in [2.45, 2.75) is 26.2 Å². The average Bonchev–Trinajstić information content (AvgIpc) is 2.52. The quantitative estimate of drug-likeness (QED) is 0.312. The van der Waals surface area contributed by atoms with Gasteiger partial charge >= 0.3 is 5.97 Å². The first kappa shape index (κ1) is 18.4. The first-order valence-electron chi connectivity index (χ1n) is 7.23. The number of carbonyl (C=O) groups is 3. The topological polar surface area (TPSA) is 101 Å². The number of phenols is 2. The summed E-state index contributed by atoms with van der Waals surface area (Å²) in [5.41, 5.74) is 1.11. The van der Waals surface area contributed by atoms with Gasteiger partial charge in [-0.2, -0.15) is 0 Å². The lowest BCUT2D eigenvalue weighted by molar-refractivity contribution is -0.144. The van der Waals surface area contributed by atoms with E-state index in [2.05, 4.69) is 0 Å². The summed E-state index contributed by atoms with van der Waals surface area (Å²) in [6.45, 7) is 1.77. The molecular formula is C17H20O6. The van der Waals surface area contributed by atoms with Crippen LogP contribution in [0.25, 0.3) is 0 Å². The fourth-order valence-corrected chi connectivity index (χ4v) is 2.12. The first-order chi connectivity index (χ1) is 11.0. The summed E-state index contributed by atoms with van der Waals surface area (Å²) >= 11 is 0. The molecule has 124 valence electrons. The lowest BCUT2D eigenvalue weighted by Crippen LogP contribution is -2.16. The third kappa shape index (κ3) is 5.94. The molecule has 0 spiro atoms. The number of aromatic hydroxyl groups is 2. The van der Waals surface area contributed by atoms with E-state index in [0.29, 0.717) is 30.1 Å². The molecule has 1 atom stereocenters. The first-order valence-corrected chi connectivity index (χ1v) is 7.23. The summed E-state index contributed by atoms with van der Waals surface area (Å²) in [5.74, 6) is -1.42. The van der Waals surface area contributed by atoms with E-state index in [9.17, 15) is 24.6 Å². The van der Waals surface area contributed by atoms with Gasteiger partial charge in [0.15, 0.2) is 11.5 Å². The van der Waals surface area contributed by atoms with Crippen molar-refractivity contribution in [1.82, 2.24) is 0 Å². The van der Waals surface area contributed by atoms with Crippen molar-refractivity contribution in [2.24, 2.45) is 5.92 Å². The summed E-state index contributed by atoms with van der Waals surface area (Å²) in [6.07, 6.45) is 3.30. The van der Waals surface area contributed by atoms with Crippen LogP contribution in [0.4, 0.5) is 0 Å². The van der Waals surface area contributed by atoms with Crippen LogP contribution in [0.3, 0.4) is 0 Å². The van der Waals surface area contributed by atoms with E-state index in [1.165, 1.54) is 12.1 Å². The number of hydrogen-bond donors (Lipinski definition) is 2. The molecule has 0 amide bonds. The average molecular weight is 320 g/mol. The number of hydrogen-bond acceptors (Lipinski definition) is 6. The van der Waals surface area contributed by atoms with Gasteiger partial charge in [0.05, 0.1) is 13.0 Å². The highest BCUT2D eigenvalue weighted by atomic mass is 16.5. The van der Waals surface area contributed by atoms with E-state index in [4.69, 9.17) is 4.74 Å². The molecule has 6 nitrogen and oxygen atoms in total. The molecule has 0 heterocycles. The van der Waals surface area contributed by atoms with Crippen molar-refractivity contribution >= 4 is 18.5 Å². The van der Waals surface area contributed by atoms with Crippen molar-refractivity contribution in [1.29, 1.82) is 0 Å². The predicted octanol–water partition coefficient (Wildman–Crippen LogP) is 1.92. The van der Waals surface area contributed by atoms with Crippen LogP contribution in [-0.2, 0) is 25.5 Å². The van der Waals surface area contributed by atoms with Gasteiger partial charge in [0.25, 0.3) is 0 Å². The number of phenolic OH excluding ortho intramolecular Hbond substituents is 2. The number of allylic oxidation sites excluding steroid dienone is 2. The zero-order chi connectivity index (χ0) is 17.2. The molecule has 1 rings (SSSR count). The van der Waals surface area contributed by atoms with Crippen LogP contribution >= 0.6 is 0 Å². The fourth-order valence-electron chi connectivity index (χ4n) is 2.12. The van der Waals surface area contributed by atoms with E-state index >= 15 is 0 Å². The highest BCUT2D eigenvalue weighted by Crippen LogP contribution is 2.25. The minimum atomic E-state index is -0.499. The van der Waals surface area contributed by atoms with Crippen molar-refractivity contribution in [3.63, 3.8) is 0 Å². The monoisotopic (exact) mass is 320 g/mol. The van der Waals surface area contributed by atoms with Gasteiger partial charge in [-0.05, 0) is 30.2 Å². The second-order valence-electron chi connectivity index (χ2n) is 5.00. The van der Waals surface area contributed by atoms with Crippen LogP contribution in [-0.4, -0.2) is 35.4 Å². The van der Waals surface area contributed by atoms with Crippen LogP contribution in [0, 0.1) is 5.92 Å². The Bertz CT molecular complexity index is 591. The van der Waals surface area contributed by atoms with Crippen LogP contribution in [0.5, 0.6) is 11.5 Å². The zero-order valence-corrected chi connectivity index (χ0v) is 12.9. The molecule has 0 radical (unpaired) electrons. The van der Waals surface area contributed by atoms with Gasteiger partial charge in [-0.25, -0.2) is 0 Å². The molecule has 0 saturated heterocycles. The summed E-state index contributed by atoms with van der Waals surface area (Å²) in [7, 11) is 0. The van der Waals surface area contributed by atoms with Gasteiger partial charge in [0, 0.05) is 18.8 Å². The van der Waals surface area contributed by atoms with Crippen LogP contribution in [0.2, 0.25) is 0 Å². The second kappa shape index (κ2) is 9.40. The van der Waals surface area contributed by atoms with Gasteiger partial charge < -0.3 is 19.7 Å². The number of esters is 1. The minimum absolute atomic E-state index is 0.0437. The normalized spacial score (nSPS) is 12.5. The van der Waals surface area contributed by atoms with E-state index in [0.717, 1.165) is 0 Å². The second-order valence-corrected chi connectivity index (χ2v) is 5.00. The number of carbonyl (C=O) groups excluding carboxylic acids is 3. The number of ether oxygens (including phenoxy) is 1. The molecule has 0 bridgehead atoms. The molecule has 0 fully saturated rings. The molecule has 1 aromatic carbocycles. The highest BCUT2D eigenvalue weighted by Gasteiger charge is 2.18. The molecule has 23 heavy (non-hydrogen) atoms. The Balaban J connectivity index is 2.50. The fraction of sp³-hybridized carbons (Fsp3) is 0.353. The Kier molecular flexibility index (Phi) is 7.53. The van der Waals surface area contributed by atoms with Crippen molar-refractivity contribution in [2.75, 3.05) is 6.61 Å². The number of rotatable bonds is 9. The molecule has 0 saturated carbocycles. The van der Waals surface area contributed by atoms with Crippen LogP contribution in [0.15, 0.2) is 29.8 Å². The highest BCUT2D eigenvalue weighted by molar-refractivity contribution is 5.78. The Hall–Kier alpha value is -2.63. The van der Waals surface area contributed by atoms with Crippen molar-refractivity contribution < 1.29 is 29.3 Å². The van der Waals surface area contributed by atoms with Crippen molar-refractivity contribution in [3.05, 3.63) is 35.4 Å². The van der Waals surface area contributed by atoms with Gasteiger partial charge in [0.2, 0.25) is 0 Å². The maximum Gasteiger partial charge on any atom is 0.306 e. The van der Waals surface area contributed by atoms with Gasteiger partial charge in [0.1, 0.15) is 12.6 Å². The van der Waals surface area contributed by atoms with Gasteiger partial charge in [-0.3, -0.25) is 9.59 Å². The third-order valence-corrected chi connectivity index (χ3v) is 3.43. The lowest BCUT2D eigenvalue weighted by Gasteiger charge is -2.13. The summed E-state index contributed by atoms with van der Waals surface area (Å²) in [4.78, 5) is 33.4. The Labute approximate surface area is 134 Å². The zero-order valence-electron chi connectivity index (χ0n) is 12.9. The van der Waals surface area contributed by atoms with Crippen molar-refractivity contribution in [3.8, 4) is 11.5 Å². The number of benzene rings is 1. The molecule has 0 aromatic heterocycles. The van der Waals surface area contributed by atoms with Gasteiger partial charge in [-0.1, -0.05) is 12.1 Å². The van der Waals surface area contributed by atoms with E-state index in [1.54, 1.807) is 19.1 Å². The molecule has 1 unspecified atom stereocenters. The lowest BCUT2D eigenvalue weighted by atomic mass is 9.93. The molecule has 6 heteroatoms. The van der Waals surface area contributed by atoms with Crippen LogP contribution < -0.4 is 0 Å². The maximum absolute atomic E-state index is 11.8. The SMILES string of the molecule is CC=C(C=O)C(CC=O)CC(=O)OCCc1ccc(O)c(O)c1. The smallest absolute Gasteiger partial charge is 0.306 e.